The van der Waals surface area contributed by atoms with Crippen LogP contribution in [-0.4, -0.2) is 42.0 Å². The lowest BCUT2D eigenvalue weighted by Crippen LogP contribution is -2.49. The van der Waals surface area contributed by atoms with E-state index >= 15 is 0 Å². The number of aryl methyl sites for hydroxylation is 1. The summed E-state index contributed by atoms with van der Waals surface area (Å²) in [5, 5.41) is 2.26. The van der Waals surface area contributed by atoms with Crippen molar-refractivity contribution in [1.29, 1.82) is 0 Å². The van der Waals surface area contributed by atoms with E-state index in [0.717, 1.165) is 18.7 Å². The Balaban J connectivity index is 1.56. The molecule has 2 amide bonds. The number of urea groups is 1. The fourth-order valence-corrected chi connectivity index (χ4v) is 3.10. The Morgan fingerprint density at radius 1 is 1.04 bits per heavy atom. The van der Waals surface area contributed by atoms with Crippen LogP contribution in [0.2, 0.25) is 0 Å². The first-order valence-corrected chi connectivity index (χ1v) is 8.93. The van der Waals surface area contributed by atoms with E-state index in [2.05, 4.69) is 22.3 Å². The summed E-state index contributed by atoms with van der Waals surface area (Å²) in [5.41, 5.74) is 0.497. The van der Waals surface area contributed by atoms with Gasteiger partial charge in [0.2, 0.25) is 0 Å². The lowest BCUT2D eigenvalue weighted by molar-refractivity contribution is -0.139. The molecule has 0 aromatic heterocycles. The summed E-state index contributed by atoms with van der Waals surface area (Å²) in [6.07, 6.45) is -4.81. The lowest BCUT2D eigenvalue weighted by atomic mass is 10.1. The normalized spacial score (nSPS) is 15.5. The molecule has 1 heterocycles. The molecule has 0 aliphatic carbocycles. The van der Waals surface area contributed by atoms with Gasteiger partial charge in [0.1, 0.15) is 0 Å². The molecule has 8 heteroatoms. The number of anilines is 1. The third kappa shape index (κ3) is 4.81. The Hall–Kier alpha value is -2.61. The number of halogens is 4. The van der Waals surface area contributed by atoms with Crippen molar-refractivity contribution in [1.82, 2.24) is 9.80 Å². The Bertz CT molecular complexity index is 828. The van der Waals surface area contributed by atoms with Gasteiger partial charge in [0.05, 0.1) is 11.3 Å². The summed E-state index contributed by atoms with van der Waals surface area (Å²) >= 11 is 0. The molecule has 1 fully saturated rings. The van der Waals surface area contributed by atoms with Crippen molar-refractivity contribution >= 4 is 11.7 Å². The molecule has 2 aromatic rings. The van der Waals surface area contributed by atoms with E-state index in [1.54, 1.807) is 0 Å². The molecule has 3 rings (SSSR count). The van der Waals surface area contributed by atoms with Gasteiger partial charge >= 0.3 is 12.2 Å². The van der Waals surface area contributed by atoms with E-state index in [-0.39, 0.29) is 0 Å². The molecule has 1 N–H and O–H groups in total. The van der Waals surface area contributed by atoms with Gasteiger partial charge in [-0.1, -0.05) is 35.9 Å². The number of amides is 2. The number of carbonyl (C=O) groups is 1. The van der Waals surface area contributed by atoms with Gasteiger partial charge in [-0.15, -0.1) is 0 Å². The first kappa shape index (κ1) is 20.1. The predicted molar refractivity (Wildman–Crippen MR) is 98.4 cm³/mol. The smallest absolute Gasteiger partial charge is 0.322 e. The number of hydrogen-bond donors (Lipinski definition) is 1. The molecule has 2 aromatic carbocycles. The number of nitrogens with one attached hydrogen (secondary N) is 1. The molecule has 0 bridgehead atoms. The molecule has 28 heavy (non-hydrogen) atoms. The zero-order valence-corrected chi connectivity index (χ0v) is 15.4. The molecule has 0 atom stereocenters. The highest BCUT2D eigenvalue weighted by Gasteiger charge is 2.35. The van der Waals surface area contributed by atoms with Crippen LogP contribution in [0.25, 0.3) is 0 Å². The van der Waals surface area contributed by atoms with Crippen molar-refractivity contribution in [2.75, 3.05) is 31.5 Å². The Labute approximate surface area is 160 Å². The second kappa shape index (κ2) is 8.18. The molecule has 0 unspecified atom stereocenters. The highest BCUT2D eigenvalue weighted by atomic mass is 19.4. The number of alkyl halides is 3. The third-order valence-electron chi connectivity index (χ3n) is 4.73. The molecular formula is C20H21F4N3O. The average Bonchev–Trinajstić information content (AvgIpc) is 2.65. The first-order chi connectivity index (χ1) is 13.2. The Kier molecular flexibility index (Phi) is 5.88. The molecule has 1 aliphatic heterocycles. The number of rotatable bonds is 3. The summed E-state index contributed by atoms with van der Waals surface area (Å²) in [5.74, 6) is -1.47. The van der Waals surface area contributed by atoms with E-state index in [9.17, 15) is 22.4 Å². The first-order valence-electron chi connectivity index (χ1n) is 8.93. The van der Waals surface area contributed by atoms with Crippen molar-refractivity contribution in [2.45, 2.75) is 19.6 Å². The Morgan fingerprint density at radius 2 is 1.68 bits per heavy atom. The van der Waals surface area contributed by atoms with Crippen LogP contribution in [0.5, 0.6) is 0 Å². The standard InChI is InChI=1S/C20H21F4N3O/c1-14-5-7-15(8-6-14)13-26-9-11-27(12-10-26)19(28)25-17-4-2-3-16(18(17)21)20(22,23)24/h2-8H,9-13H2,1H3,(H,25,28). The maximum atomic E-state index is 14.1. The van der Waals surface area contributed by atoms with Gasteiger partial charge in [-0.05, 0) is 24.6 Å². The van der Waals surface area contributed by atoms with Gasteiger partial charge in [0, 0.05) is 32.7 Å². The van der Waals surface area contributed by atoms with Crippen molar-refractivity contribution in [3.05, 3.63) is 65.0 Å². The summed E-state index contributed by atoms with van der Waals surface area (Å²) in [6, 6.07) is 10.4. The highest BCUT2D eigenvalue weighted by molar-refractivity contribution is 5.89. The number of nitrogens with zero attached hydrogens (tertiary/aromatic N) is 2. The van der Waals surface area contributed by atoms with Gasteiger partial charge in [0.25, 0.3) is 0 Å². The van der Waals surface area contributed by atoms with Crippen molar-refractivity contribution in [3.63, 3.8) is 0 Å². The zero-order valence-electron chi connectivity index (χ0n) is 15.4. The quantitative estimate of drug-likeness (QED) is 0.777. The van der Waals surface area contributed by atoms with Gasteiger partial charge in [-0.3, -0.25) is 4.90 Å². The number of benzene rings is 2. The predicted octanol–water partition coefficient (Wildman–Crippen LogP) is 4.50. The minimum Gasteiger partial charge on any atom is -0.322 e. The van der Waals surface area contributed by atoms with Crippen LogP contribution in [0.15, 0.2) is 42.5 Å². The van der Waals surface area contributed by atoms with Crippen LogP contribution in [0.3, 0.4) is 0 Å². The van der Waals surface area contributed by atoms with Crippen molar-refractivity contribution in [2.24, 2.45) is 0 Å². The van der Waals surface area contributed by atoms with E-state index in [1.165, 1.54) is 16.0 Å². The molecule has 1 saturated heterocycles. The van der Waals surface area contributed by atoms with Crippen LogP contribution < -0.4 is 5.32 Å². The second-order valence-electron chi connectivity index (χ2n) is 6.84. The molecule has 1 aliphatic rings. The summed E-state index contributed by atoms with van der Waals surface area (Å²) in [4.78, 5) is 16.0. The van der Waals surface area contributed by atoms with Crippen molar-refractivity contribution < 1.29 is 22.4 Å². The fraction of sp³-hybridized carbons (Fsp3) is 0.350. The molecule has 4 nitrogen and oxygen atoms in total. The van der Waals surface area contributed by atoms with Crippen LogP contribution in [0.4, 0.5) is 28.0 Å². The molecular weight excluding hydrogens is 374 g/mol. The number of hydrogen-bond acceptors (Lipinski definition) is 2. The van der Waals surface area contributed by atoms with Gasteiger partial charge in [-0.25, -0.2) is 9.18 Å². The maximum Gasteiger partial charge on any atom is 0.419 e. The summed E-state index contributed by atoms with van der Waals surface area (Å²) in [6.45, 7) is 4.88. The second-order valence-corrected chi connectivity index (χ2v) is 6.84. The van der Waals surface area contributed by atoms with E-state index in [0.29, 0.717) is 32.2 Å². The fourth-order valence-electron chi connectivity index (χ4n) is 3.10. The zero-order chi connectivity index (χ0) is 20.3. The number of piperazine rings is 1. The average molecular weight is 395 g/mol. The van der Waals surface area contributed by atoms with Gasteiger partial charge in [-0.2, -0.15) is 13.2 Å². The summed E-state index contributed by atoms with van der Waals surface area (Å²) in [7, 11) is 0. The van der Waals surface area contributed by atoms with Crippen LogP contribution in [0.1, 0.15) is 16.7 Å². The minimum atomic E-state index is -4.81. The molecule has 0 spiro atoms. The topological polar surface area (TPSA) is 35.6 Å². The van der Waals surface area contributed by atoms with Crippen LogP contribution >= 0.6 is 0 Å². The number of carbonyl (C=O) groups excluding carboxylic acids is 1. The van der Waals surface area contributed by atoms with Gasteiger partial charge < -0.3 is 10.2 Å². The molecule has 0 radical (unpaired) electrons. The van der Waals surface area contributed by atoms with Crippen molar-refractivity contribution in [3.8, 4) is 0 Å². The largest absolute Gasteiger partial charge is 0.419 e. The SMILES string of the molecule is Cc1ccc(CN2CCN(C(=O)Nc3cccc(C(F)(F)F)c3F)CC2)cc1. The molecule has 150 valence electrons. The molecule has 0 saturated carbocycles. The van der Waals surface area contributed by atoms with Gasteiger partial charge in [0.15, 0.2) is 5.82 Å². The van der Waals surface area contributed by atoms with E-state index < -0.39 is 29.3 Å². The van der Waals surface area contributed by atoms with E-state index in [4.69, 9.17) is 0 Å². The third-order valence-corrected chi connectivity index (χ3v) is 4.73. The maximum absolute atomic E-state index is 14.1. The minimum absolute atomic E-state index is 0.415. The van der Waals surface area contributed by atoms with E-state index in [1.807, 2.05) is 19.1 Å². The van der Waals surface area contributed by atoms with Crippen LogP contribution in [0, 0.1) is 12.7 Å². The highest BCUT2D eigenvalue weighted by Crippen LogP contribution is 2.34. The monoisotopic (exact) mass is 395 g/mol. The Morgan fingerprint density at radius 3 is 2.29 bits per heavy atom. The lowest BCUT2D eigenvalue weighted by Gasteiger charge is -2.34. The van der Waals surface area contributed by atoms with Crippen LogP contribution in [-0.2, 0) is 12.7 Å². The summed E-state index contributed by atoms with van der Waals surface area (Å²) < 4.78 is 52.5.